The summed E-state index contributed by atoms with van der Waals surface area (Å²) in [5, 5.41) is 16.1. The molecule has 1 amide bonds. The minimum atomic E-state index is -0.456. The molecule has 0 aliphatic heterocycles. The second kappa shape index (κ2) is 9.99. The summed E-state index contributed by atoms with van der Waals surface area (Å²) in [6.45, 7) is 3.88. The molecule has 0 atom stereocenters. The van der Waals surface area contributed by atoms with Crippen molar-refractivity contribution in [3.8, 4) is 5.75 Å². The van der Waals surface area contributed by atoms with Crippen LogP contribution in [-0.4, -0.2) is 28.2 Å². The number of carbonyl (C=O) groups is 1. The molecule has 0 saturated carbocycles. The van der Waals surface area contributed by atoms with Crippen molar-refractivity contribution in [2.75, 3.05) is 6.61 Å². The number of amides is 1. The highest BCUT2D eigenvalue weighted by molar-refractivity contribution is 5.99. The number of nitrogens with zero attached hydrogens (tertiary/aromatic N) is 3. The lowest BCUT2D eigenvalue weighted by Crippen LogP contribution is -2.25. The van der Waals surface area contributed by atoms with Crippen molar-refractivity contribution in [1.82, 2.24) is 9.99 Å². The predicted molar refractivity (Wildman–Crippen MR) is 131 cm³/mol. The third-order valence-electron chi connectivity index (χ3n) is 5.41. The number of aryl methyl sites for hydroxylation is 2. The lowest BCUT2D eigenvalue weighted by Gasteiger charge is -2.11. The molecule has 0 spiro atoms. The number of rotatable bonds is 8. The zero-order chi connectivity index (χ0) is 24.1. The lowest BCUT2D eigenvalue weighted by molar-refractivity contribution is -0.385. The van der Waals surface area contributed by atoms with Crippen LogP contribution in [0.15, 0.2) is 78.0 Å². The number of hydrazone groups is 1. The molecule has 34 heavy (non-hydrogen) atoms. The van der Waals surface area contributed by atoms with Gasteiger partial charge in [-0.1, -0.05) is 48.5 Å². The molecule has 8 heteroatoms. The predicted octanol–water partition coefficient (Wildman–Crippen LogP) is 4.74. The third kappa shape index (κ3) is 5.12. The number of fused-ring (bicyclic) bond motifs is 1. The van der Waals surface area contributed by atoms with Gasteiger partial charge in [0, 0.05) is 41.3 Å². The second-order valence-corrected chi connectivity index (χ2v) is 7.96. The maximum atomic E-state index is 12.3. The Morgan fingerprint density at radius 1 is 1.09 bits per heavy atom. The standard InChI is InChI=1S/C26H24N4O4/c1-18-12-22(30(32)33)13-19(2)26(18)34-17-25(31)28-27-14-21-16-29(15-20-8-4-3-5-9-20)24-11-7-6-10-23(21)24/h3-14,16H,15,17H2,1-2H3,(H,28,31)/b27-14-. The summed E-state index contributed by atoms with van der Waals surface area (Å²) in [6, 6.07) is 21.1. The van der Waals surface area contributed by atoms with Crippen LogP contribution in [0.3, 0.4) is 0 Å². The molecule has 0 bridgehead atoms. The molecule has 0 fully saturated rings. The number of hydrogen-bond donors (Lipinski definition) is 1. The summed E-state index contributed by atoms with van der Waals surface area (Å²) >= 11 is 0. The van der Waals surface area contributed by atoms with E-state index in [9.17, 15) is 14.9 Å². The molecule has 4 rings (SSSR count). The van der Waals surface area contributed by atoms with Crippen molar-refractivity contribution in [2.24, 2.45) is 5.10 Å². The van der Waals surface area contributed by atoms with Gasteiger partial charge in [-0.2, -0.15) is 5.10 Å². The number of nitrogens with one attached hydrogen (secondary N) is 1. The van der Waals surface area contributed by atoms with E-state index in [1.807, 2.05) is 42.6 Å². The highest BCUT2D eigenvalue weighted by atomic mass is 16.6. The first-order valence-electron chi connectivity index (χ1n) is 10.7. The number of benzene rings is 3. The van der Waals surface area contributed by atoms with Crippen LogP contribution in [0.25, 0.3) is 10.9 Å². The highest BCUT2D eigenvalue weighted by Gasteiger charge is 2.14. The SMILES string of the molecule is Cc1cc([N+](=O)[O-])cc(C)c1OCC(=O)N/N=C\c1cn(Cc2ccccc2)c2ccccc12. The van der Waals surface area contributed by atoms with Gasteiger partial charge >= 0.3 is 0 Å². The third-order valence-corrected chi connectivity index (χ3v) is 5.41. The van der Waals surface area contributed by atoms with Gasteiger partial charge in [0.15, 0.2) is 6.61 Å². The number of non-ortho nitro benzene ring substituents is 1. The summed E-state index contributed by atoms with van der Waals surface area (Å²) in [5.74, 6) is 0.0233. The van der Waals surface area contributed by atoms with E-state index >= 15 is 0 Å². The smallest absolute Gasteiger partial charge is 0.277 e. The van der Waals surface area contributed by atoms with Crippen LogP contribution in [0.4, 0.5) is 5.69 Å². The first kappa shape index (κ1) is 22.7. The average Bonchev–Trinajstić information content (AvgIpc) is 3.16. The van der Waals surface area contributed by atoms with E-state index in [0.717, 1.165) is 23.0 Å². The van der Waals surface area contributed by atoms with Crippen LogP contribution in [0.5, 0.6) is 5.75 Å². The van der Waals surface area contributed by atoms with Crippen molar-refractivity contribution >= 4 is 28.7 Å². The molecule has 0 unspecified atom stereocenters. The summed E-state index contributed by atoms with van der Waals surface area (Å²) < 4.78 is 7.74. The Hall–Kier alpha value is -4.46. The molecular formula is C26H24N4O4. The topological polar surface area (TPSA) is 98.8 Å². The molecule has 1 aromatic heterocycles. The van der Waals surface area contributed by atoms with Crippen LogP contribution in [-0.2, 0) is 11.3 Å². The van der Waals surface area contributed by atoms with Gasteiger partial charge in [-0.3, -0.25) is 14.9 Å². The van der Waals surface area contributed by atoms with Crippen LogP contribution in [0.2, 0.25) is 0 Å². The number of hydrogen-bond acceptors (Lipinski definition) is 5. The van der Waals surface area contributed by atoms with Crippen LogP contribution in [0, 0.1) is 24.0 Å². The van der Waals surface area contributed by atoms with E-state index in [2.05, 4.69) is 33.3 Å². The Bertz CT molecular complexity index is 1350. The van der Waals surface area contributed by atoms with Gasteiger partial charge in [-0.25, -0.2) is 5.43 Å². The monoisotopic (exact) mass is 456 g/mol. The number of para-hydroxylation sites is 1. The van der Waals surface area contributed by atoms with Gasteiger partial charge in [0.2, 0.25) is 0 Å². The van der Waals surface area contributed by atoms with Crippen LogP contribution in [0.1, 0.15) is 22.3 Å². The highest BCUT2D eigenvalue weighted by Crippen LogP contribution is 2.28. The molecular weight excluding hydrogens is 432 g/mol. The Kier molecular flexibility index (Phi) is 6.68. The summed E-state index contributed by atoms with van der Waals surface area (Å²) in [6.07, 6.45) is 3.62. The van der Waals surface area contributed by atoms with E-state index in [4.69, 9.17) is 4.74 Å². The van der Waals surface area contributed by atoms with Gasteiger partial charge in [-0.05, 0) is 36.6 Å². The van der Waals surface area contributed by atoms with Crippen LogP contribution < -0.4 is 10.2 Å². The Balaban J connectivity index is 1.42. The van der Waals surface area contributed by atoms with Crippen LogP contribution >= 0.6 is 0 Å². The van der Waals surface area contributed by atoms with Gasteiger partial charge in [0.1, 0.15) is 5.75 Å². The molecule has 0 radical (unpaired) electrons. The van der Waals surface area contributed by atoms with Crippen molar-refractivity contribution in [3.05, 3.63) is 105 Å². The fraction of sp³-hybridized carbons (Fsp3) is 0.154. The zero-order valence-electron chi connectivity index (χ0n) is 18.9. The number of carbonyl (C=O) groups excluding carboxylic acids is 1. The van der Waals surface area contributed by atoms with Crippen molar-refractivity contribution in [2.45, 2.75) is 20.4 Å². The average molecular weight is 457 g/mol. The molecule has 0 aliphatic rings. The second-order valence-electron chi connectivity index (χ2n) is 7.96. The van der Waals surface area contributed by atoms with Gasteiger partial charge in [-0.15, -0.1) is 0 Å². The Morgan fingerprint density at radius 3 is 2.47 bits per heavy atom. The molecule has 4 aromatic rings. The number of ether oxygens (including phenoxy) is 1. The maximum absolute atomic E-state index is 12.3. The molecule has 0 aliphatic carbocycles. The molecule has 172 valence electrons. The molecule has 0 saturated heterocycles. The summed E-state index contributed by atoms with van der Waals surface area (Å²) in [7, 11) is 0. The molecule has 1 heterocycles. The fourth-order valence-electron chi connectivity index (χ4n) is 3.89. The van der Waals surface area contributed by atoms with Gasteiger partial charge < -0.3 is 9.30 Å². The minimum Gasteiger partial charge on any atom is -0.483 e. The van der Waals surface area contributed by atoms with E-state index in [-0.39, 0.29) is 12.3 Å². The van der Waals surface area contributed by atoms with Crippen molar-refractivity contribution in [3.63, 3.8) is 0 Å². The number of nitro benzene ring substituents is 1. The normalized spacial score (nSPS) is 11.1. The fourth-order valence-corrected chi connectivity index (χ4v) is 3.89. The minimum absolute atomic E-state index is 0.0113. The van der Waals surface area contributed by atoms with Gasteiger partial charge in [0.05, 0.1) is 11.1 Å². The Morgan fingerprint density at radius 2 is 1.76 bits per heavy atom. The summed E-state index contributed by atoms with van der Waals surface area (Å²) in [5.41, 5.74) is 6.80. The molecule has 3 aromatic carbocycles. The summed E-state index contributed by atoms with van der Waals surface area (Å²) in [4.78, 5) is 22.8. The van der Waals surface area contributed by atoms with E-state index in [1.165, 1.54) is 17.7 Å². The van der Waals surface area contributed by atoms with Crippen molar-refractivity contribution < 1.29 is 14.5 Å². The van der Waals surface area contributed by atoms with Crippen molar-refractivity contribution in [1.29, 1.82) is 0 Å². The Labute approximate surface area is 196 Å². The molecule has 8 nitrogen and oxygen atoms in total. The van der Waals surface area contributed by atoms with E-state index < -0.39 is 10.8 Å². The first-order valence-corrected chi connectivity index (χ1v) is 10.7. The number of aromatic nitrogens is 1. The van der Waals surface area contributed by atoms with E-state index in [0.29, 0.717) is 16.9 Å². The van der Waals surface area contributed by atoms with E-state index in [1.54, 1.807) is 20.1 Å². The largest absolute Gasteiger partial charge is 0.483 e. The zero-order valence-corrected chi connectivity index (χ0v) is 18.9. The first-order chi connectivity index (χ1) is 16.4. The molecule has 1 N–H and O–H groups in total. The maximum Gasteiger partial charge on any atom is 0.277 e. The lowest BCUT2D eigenvalue weighted by atomic mass is 10.1. The quantitative estimate of drug-likeness (QED) is 0.235. The van der Waals surface area contributed by atoms with Gasteiger partial charge in [0.25, 0.3) is 11.6 Å². The number of nitro groups is 1.